The van der Waals surface area contributed by atoms with Gasteiger partial charge in [-0.3, -0.25) is 0 Å². The van der Waals surface area contributed by atoms with E-state index >= 15 is 0 Å². The van der Waals surface area contributed by atoms with E-state index in [2.05, 4.69) is 16.9 Å². The lowest BCUT2D eigenvalue weighted by Gasteiger charge is -2.23. The van der Waals surface area contributed by atoms with E-state index in [9.17, 15) is 0 Å². The van der Waals surface area contributed by atoms with E-state index in [1.54, 1.807) is 0 Å². The predicted molar refractivity (Wildman–Crippen MR) is 91.3 cm³/mol. The number of rotatable bonds is 3. The van der Waals surface area contributed by atoms with Crippen molar-refractivity contribution in [1.82, 2.24) is 9.78 Å². The number of nitrogens with zero attached hydrogens (tertiary/aromatic N) is 3. The molecule has 2 N–H and O–H groups in total. The highest BCUT2D eigenvalue weighted by atomic mass is 35.5. The molecule has 23 heavy (non-hydrogen) atoms. The number of benzene rings is 1. The van der Waals surface area contributed by atoms with Crippen LogP contribution in [0.15, 0.2) is 30.5 Å². The maximum Gasteiger partial charge on any atom is 0.236 e. The Bertz CT molecular complexity index is 731. The minimum absolute atomic E-state index is 0.0379. The minimum atomic E-state index is 0.0379. The molecule has 2 aliphatic rings. The molecule has 4 rings (SSSR count). The molecule has 2 unspecified atom stereocenters. The number of hydrogen-bond donors (Lipinski definition) is 1. The van der Waals surface area contributed by atoms with Crippen LogP contribution in [0.4, 0.5) is 5.69 Å². The molecule has 0 spiro atoms. The van der Waals surface area contributed by atoms with Crippen molar-refractivity contribution in [1.29, 1.82) is 0 Å². The Morgan fingerprint density at radius 2 is 2.26 bits per heavy atom. The molecule has 2 aromatic rings. The van der Waals surface area contributed by atoms with Crippen LogP contribution in [0.3, 0.4) is 0 Å². The van der Waals surface area contributed by atoms with Crippen molar-refractivity contribution in [3.05, 3.63) is 41.0 Å². The van der Waals surface area contributed by atoms with Gasteiger partial charge in [0, 0.05) is 18.1 Å². The van der Waals surface area contributed by atoms with Crippen LogP contribution in [0.1, 0.15) is 24.9 Å². The molecule has 3 heterocycles. The third-order valence-electron chi connectivity index (χ3n) is 5.06. The number of halogens is 1. The Kier molecular flexibility index (Phi) is 3.50. The SMILES string of the molecule is CC1(CN)CCN(c2cnn3c2OCC3c2ccccc2Cl)C1. The first-order valence-electron chi connectivity index (χ1n) is 8.01. The fourth-order valence-electron chi connectivity index (χ4n) is 3.51. The number of aromatic nitrogens is 2. The summed E-state index contributed by atoms with van der Waals surface area (Å²) in [6, 6.07) is 7.92. The quantitative estimate of drug-likeness (QED) is 0.939. The van der Waals surface area contributed by atoms with Crippen LogP contribution in [0.5, 0.6) is 5.88 Å². The van der Waals surface area contributed by atoms with Gasteiger partial charge in [-0.05, 0) is 30.0 Å². The summed E-state index contributed by atoms with van der Waals surface area (Å²) < 4.78 is 7.93. The van der Waals surface area contributed by atoms with Crippen LogP contribution in [0.2, 0.25) is 5.02 Å². The van der Waals surface area contributed by atoms with Gasteiger partial charge in [-0.2, -0.15) is 5.10 Å². The fourth-order valence-corrected chi connectivity index (χ4v) is 3.77. The molecule has 0 aliphatic carbocycles. The number of nitrogens with two attached hydrogens (primary N) is 1. The molecule has 5 nitrogen and oxygen atoms in total. The van der Waals surface area contributed by atoms with Gasteiger partial charge < -0.3 is 15.4 Å². The average molecular weight is 333 g/mol. The van der Waals surface area contributed by atoms with E-state index in [1.807, 2.05) is 35.1 Å². The van der Waals surface area contributed by atoms with Crippen LogP contribution in [0.25, 0.3) is 0 Å². The van der Waals surface area contributed by atoms with Crippen molar-refractivity contribution in [2.24, 2.45) is 11.1 Å². The van der Waals surface area contributed by atoms with Crippen LogP contribution in [-0.2, 0) is 0 Å². The topological polar surface area (TPSA) is 56.3 Å². The first kappa shape index (κ1) is 14.8. The highest BCUT2D eigenvalue weighted by Gasteiger charge is 2.37. The Hall–Kier alpha value is -1.72. The van der Waals surface area contributed by atoms with Gasteiger partial charge in [0.25, 0.3) is 0 Å². The Morgan fingerprint density at radius 1 is 1.43 bits per heavy atom. The molecule has 1 saturated heterocycles. The standard InChI is InChI=1S/C17H21ClN4O/c1-17(10-19)6-7-21(11-17)14-8-20-22-15(9-23-16(14)22)12-4-2-3-5-13(12)18/h2-5,8,15H,6-7,9-11,19H2,1H3. The third kappa shape index (κ3) is 2.39. The summed E-state index contributed by atoms with van der Waals surface area (Å²) in [5.74, 6) is 0.844. The van der Waals surface area contributed by atoms with E-state index in [0.29, 0.717) is 13.2 Å². The molecule has 0 bridgehead atoms. The number of hydrogen-bond acceptors (Lipinski definition) is 4. The molecule has 2 aliphatic heterocycles. The van der Waals surface area contributed by atoms with Gasteiger partial charge in [-0.25, -0.2) is 4.68 Å². The summed E-state index contributed by atoms with van der Waals surface area (Å²) in [5.41, 5.74) is 8.21. The highest BCUT2D eigenvalue weighted by molar-refractivity contribution is 6.31. The van der Waals surface area contributed by atoms with Crippen molar-refractivity contribution in [3.8, 4) is 5.88 Å². The third-order valence-corrected chi connectivity index (χ3v) is 5.40. The van der Waals surface area contributed by atoms with Crippen LogP contribution in [0, 0.1) is 5.41 Å². The largest absolute Gasteiger partial charge is 0.474 e. The predicted octanol–water partition coefficient (Wildman–Crippen LogP) is 2.69. The maximum atomic E-state index is 6.34. The summed E-state index contributed by atoms with van der Waals surface area (Å²) in [6.07, 6.45) is 3.00. The van der Waals surface area contributed by atoms with Crippen molar-refractivity contribution in [2.75, 3.05) is 31.1 Å². The fraction of sp³-hybridized carbons (Fsp3) is 0.471. The Labute approximate surface area is 141 Å². The smallest absolute Gasteiger partial charge is 0.236 e. The molecule has 122 valence electrons. The van der Waals surface area contributed by atoms with Crippen LogP contribution in [-0.4, -0.2) is 36.0 Å². The highest BCUT2D eigenvalue weighted by Crippen LogP contribution is 2.42. The lowest BCUT2D eigenvalue weighted by molar-refractivity contribution is 0.341. The molecular formula is C17H21ClN4O. The first-order chi connectivity index (χ1) is 11.1. The van der Waals surface area contributed by atoms with Crippen LogP contribution < -0.4 is 15.4 Å². The van der Waals surface area contributed by atoms with Gasteiger partial charge >= 0.3 is 0 Å². The second-order valence-electron chi connectivity index (χ2n) is 6.81. The van der Waals surface area contributed by atoms with Crippen LogP contribution >= 0.6 is 11.6 Å². The van der Waals surface area contributed by atoms with Gasteiger partial charge in [0.15, 0.2) is 0 Å². The zero-order chi connectivity index (χ0) is 16.0. The molecule has 6 heteroatoms. The molecule has 1 fully saturated rings. The summed E-state index contributed by atoms with van der Waals surface area (Å²) in [4.78, 5) is 2.33. The average Bonchev–Trinajstić information content (AvgIpc) is 3.23. The minimum Gasteiger partial charge on any atom is -0.474 e. The lowest BCUT2D eigenvalue weighted by atomic mass is 9.90. The second-order valence-corrected chi connectivity index (χ2v) is 7.22. The van der Waals surface area contributed by atoms with Crippen molar-refractivity contribution < 1.29 is 4.74 Å². The second kappa shape index (κ2) is 5.42. The molecule has 0 saturated carbocycles. The monoisotopic (exact) mass is 332 g/mol. The van der Waals surface area contributed by atoms with Gasteiger partial charge in [-0.15, -0.1) is 0 Å². The Morgan fingerprint density at radius 3 is 3.00 bits per heavy atom. The molecule has 0 radical (unpaired) electrons. The maximum absolute atomic E-state index is 6.34. The van der Waals surface area contributed by atoms with E-state index in [4.69, 9.17) is 22.1 Å². The number of ether oxygens (including phenoxy) is 1. The normalized spacial score (nSPS) is 26.4. The zero-order valence-corrected chi connectivity index (χ0v) is 14.0. The summed E-state index contributed by atoms with van der Waals surface area (Å²) >= 11 is 6.34. The lowest BCUT2D eigenvalue weighted by Crippen LogP contribution is -2.31. The number of anilines is 1. The first-order valence-corrected chi connectivity index (χ1v) is 8.39. The van der Waals surface area contributed by atoms with Crippen molar-refractivity contribution in [2.45, 2.75) is 19.4 Å². The molecule has 2 atom stereocenters. The van der Waals surface area contributed by atoms with Gasteiger partial charge in [0.2, 0.25) is 5.88 Å². The Balaban J connectivity index is 1.64. The summed E-state index contributed by atoms with van der Waals surface area (Å²) in [7, 11) is 0. The van der Waals surface area contributed by atoms with Gasteiger partial charge in [0.1, 0.15) is 18.3 Å². The van der Waals surface area contributed by atoms with Gasteiger partial charge in [0.05, 0.1) is 6.20 Å². The summed E-state index contributed by atoms with van der Waals surface area (Å²) in [6.45, 7) is 5.46. The summed E-state index contributed by atoms with van der Waals surface area (Å²) in [5, 5.41) is 5.33. The van der Waals surface area contributed by atoms with E-state index in [0.717, 1.165) is 41.7 Å². The molecule has 0 amide bonds. The number of fused-ring (bicyclic) bond motifs is 1. The van der Waals surface area contributed by atoms with E-state index < -0.39 is 0 Å². The van der Waals surface area contributed by atoms with Gasteiger partial charge in [-0.1, -0.05) is 36.7 Å². The zero-order valence-electron chi connectivity index (χ0n) is 13.2. The van der Waals surface area contributed by atoms with E-state index in [-0.39, 0.29) is 11.5 Å². The molecular weight excluding hydrogens is 312 g/mol. The molecule has 1 aromatic carbocycles. The molecule has 1 aromatic heterocycles. The van der Waals surface area contributed by atoms with Crippen molar-refractivity contribution >= 4 is 17.3 Å². The van der Waals surface area contributed by atoms with Crippen molar-refractivity contribution in [3.63, 3.8) is 0 Å². The van der Waals surface area contributed by atoms with E-state index in [1.165, 1.54) is 0 Å².